The monoisotopic (exact) mass is 938 g/mol. The van der Waals surface area contributed by atoms with Crippen molar-refractivity contribution in [3.8, 4) is 17.2 Å². The van der Waals surface area contributed by atoms with Gasteiger partial charge in [-0.05, 0) is 91.3 Å². The predicted molar refractivity (Wildman–Crippen MR) is 239 cm³/mol. The average molecular weight is 939 g/mol. The molecule has 4 aromatic rings. The summed E-state index contributed by atoms with van der Waals surface area (Å²) in [5.41, 5.74) is 3.65. The quantitative estimate of drug-likeness (QED) is 0.0792. The molecule has 1 saturated carbocycles. The van der Waals surface area contributed by atoms with Gasteiger partial charge in [-0.1, -0.05) is 66.7 Å². The highest BCUT2D eigenvalue weighted by Crippen LogP contribution is 2.48. The summed E-state index contributed by atoms with van der Waals surface area (Å²) in [4.78, 5) is 0. The molecule has 4 aromatic carbocycles. The summed E-state index contributed by atoms with van der Waals surface area (Å²) in [6.45, 7) is 4.43. The van der Waals surface area contributed by atoms with Gasteiger partial charge in [0.1, 0.15) is 35.6 Å². The van der Waals surface area contributed by atoms with E-state index < -0.39 is 64.9 Å². The minimum Gasteiger partial charge on any atom is -0.497 e. The molecule has 2 saturated heterocycles. The summed E-state index contributed by atoms with van der Waals surface area (Å²) < 4.78 is 116. The summed E-state index contributed by atoms with van der Waals surface area (Å²) >= 11 is 0. The van der Waals surface area contributed by atoms with E-state index in [2.05, 4.69) is 0 Å². The van der Waals surface area contributed by atoms with Crippen molar-refractivity contribution in [3.05, 3.63) is 125 Å². The Kier molecular flexibility index (Phi) is 16.8. The van der Waals surface area contributed by atoms with Crippen molar-refractivity contribution in [3.63, 3.8) is 0 Å². The van der Waals surface area contributed by atoms with E-state index in [0.29, 0.717) is 13.0 Å². The zero-order valence-electron chi connectivity index (χ0n) is 38.4. The van der Waals surface area contributed by atoms with Crippen molar-refractivity contribution in [2.24, 2.45) is 11.8 Å². The maximum Gasteiger partial charge on any atom is 0.397 e. The molecule has 2 aliphatic heterocycles. The SMILES string of the molecule is COc1ccc(COC[C@H]2C(C[C@H]3O[C@@H](OCc4ccccc4)[C@@H]4O[C@@](C)(OC)[C@](C)(OC)O[C@H]4[C@H]3OS(=O)(=O)O)C[C@@H](OCc3ccc(OC)cc3)[C@@H]2OCc2ccc(OC)cc2)cc1. The van der Waals surface area contributed by atoms with Crippen LogP contribution in [0, 0.1) is 11.8 Å². The molecule has 0 bridgehead atoms. The fourth-order valence-corrected chi connectivity index (χ4v) is 9.40. The van der Waals surface area contributed by atoms with Gasteiger partial charge in [0, 0.05) is 20.1 Å². The Morgan fingerprint density at radius 3 is 1.61 bits per heavy atom. The van der Waals surface area contributed by atoms with Crippen LogP contribution in [-0.4, -0.2) is 110 Å². The third-order valence-corrected chi connectivity index (χ3v) is 13.3. The van der Waals surface area contributed by atoms with Gasteiger partial charge in [-0.15, -0.1) is 0 Å². The molecule has 66 heavy (non-hydrogen) atoms. The molecule has 0 aromatic heterocycles. The molecule has 17 heteroatoms. The van der Waals surface area contributed by atoms with Crippen LogP contribution in [0.4, 0.5) is 0 Å². The van der Waals surface area contributed by atoms with Crippen LogP contribution >= 0.6 is 0 Å². The average Bonchev–Trinajstić information content (AvgIpc) is 3.66. The maximum absolute atomic E-state index is 12.8. The summed E-state index contributed by atoms with van der Waals surface area (Å²) in [6, 6.07) is 32.4. The van der Waals surface area contributed by atoms with Gasteiger partial charge in [-0.25, -0.2) is 4.18 Å². The number of hydrogen-bond acceptors (Lipinski definition) is 15. The second kappa shape index (κ2) is 22.3. The fraction of sp³-hybridized carbons (Fsp3) is 0.510. The molecule has 1 N–H and O–H groups in total. The Morgan fingerprint density at radius 1 is 0.606 bits per heavy atom. The van der Waals surface area contributed by atoms with Crippen molar-refractivity contribution in [1.29, 1.82) is 0 Å². The van der Waals surface area contributed by atoms with Gasteiger partial charge in [0.15, 0.2) is 6.29 Å². The Balaban J connectivity index is 1.23. The van der Waals surface area contributed by atoms with Crippen LogP contribution in [-0.2, 0) is 83.6 Å². The molecule has 2 heterocycles. The molecule has 0 amide bonds. The highest BCUT2D eigenvalue weighted by molar-refractivity contribution is 7.80. The smallest absolute Gasteiger partial charge is 0.397 e. The minimum absolute atomic E-state index is 0.119. The van der Waals surface area contributed by atoms with Crippen LogP contribution in [0.25, 0.3) is 0 Å². The topological polar surface area (TPSA) is 174 Å². The van der Waals surface area contributed by atoms with Gasteiger partial charge in [0.25, 0.3) is 0 Å². The molecule has 11 atom stereocenters. The Bertz CT molecular complexity index is 2210. The highest BCUT2D eigenvalue weighted by atomic mass is 32.3. The summed E-state index contributed by atoms with van der Waals surface area (Å²) in [5.74, 6) is -1.55. The van der Waals surface area contributed by atoms with Crippen LogP contribution in [0.15, 0.2) is 103 Å². The van der Waals surface area contributed by atoms with E-state index in [0.717, 1.165) is 39.5 Å². The van der Waals surface area contributed by atoms with E-state index in [4.69, 9.17) is 61.0 Å². The largest absolute Gasteiger partial charge is 0.497 e. The maximum atomic E-state index is 12.8. The first-order valence-electron chi connectivity index (χ1n) is 21.9. The standard InChI is InChI=1S/C49H62O16S/c1-48(56-6)49(2,57-7)64-46-45(63-48)44(65-66(50,51)52)42(62-47(46)61-30-32-11-9-8-10-12-32)26-36-25-41(59-28-34-15-21-38(54-4)22-16-34)43(60-29-35-17-23-39(55-5)24-18-35)40(36)31-58-27-33-13-19-37(53-3)20-14-33/h8-24,36,40-47H,25-31H2,1-7H3,(H,50,51,52)/t36?,40-,41+,42+,43+,44-,45-,46+,47+,48+,49+/m0/s1. The number of rotatable bonds is 22. The molecule has 1 unspecified atom stereocenters. The molecule has 1 aliphatic carbocycles. The highest BCUT2D eigenvalue weighted by Gasteiger charge is 2.64. The van der Waals surface area contributed by atoms with Crippen LogP contribution in [0.3, 0.4) is 0 Å². The summed E-state index contributed by atoms with van der Waals surface area (Å²) in [6.07, 6.45) is -6.32. The Labute approximate surface area is 387 Å². The van der Waals surface area contributed by atoms with Crippen LogP contribution in [0.2, 0.25) is 0 Å². The first-order chi connectivity index (χ1) is 31.8. The minimum atomic E-state index is -5.09. The molecule has 0 spiro atoms. The van der Waals surface area contributed by atoms with Crippen molar-refractivity contribution >= 4 is 10.4 Å². The Morgan fingerprint density at radius 2 is 1.09 bits per heavy atom. The van der Waals surface area contributed by atoms with E-state index in [1.54, 1.807) is 35.2 Å². The van der Waals surface area contributed by atoms with Gasteiger partial charge < -0.3 is 56.8 Å². The van der Waals surface area contributed by atoms with E-state index in [1.807, 2.05) is 103 Å². The second-order valence-electron chi connectivity index (χ2n) is 16.9. The van der Waals surface area contributed by atoms with E-state index in [-0.39, 0.29) is 44.7 Å². The first kappa shape index (κ1) is 49.7. The van der Waals surface area contributed by atoms with Gasteiger partial charge in [-0.3, -0.25) is 4.55 Å². The van der Waals surface area contributed by atoms with E-state index in [1.165, 1.54) is 14.2 Å². The van der Waals surface area contributed by atoms with E-state index in [9.17, 15) is 13.0 Å². The predicted octanol–water partition coefficient (Wildman–Crippen LogP) is 7.06. The number of hydrogen-bond donors (Lipinski definition) is 1. The summed E-state index contributed by atoms with van der Waals surface area (Å²) in [7, 11) is 2.62. The molecule has 0 radical (unpaired) electrons. The van der Waals surface area contributed by atoms with Crippen LogP contribution in [0.1, 0.15) is 48.9 Å². The van der Waals surface area contributed by atoms with Gasteiger partial charge >= 0.3 is 10.4 Å². The molecule has 16 nitrogen and oxygen atoms in total. The molecular formula is C49H62O16S. The Hall–Kier alpha value is -4.21. The third-order valence-electron chi connectivity index (χ3n) is 12.8. The lowest BCUT2D eigenvalue weighted by molar-refractivity contribution is -0.483. The summed E-state index contributed by atoms with van der Waals surface area (Å²) in [5, 5.41) is 0. The number of ether oxygens (including phenoxy) is 12. The van der Waals surface area contributed by atoms with Crippen molar-refractivity contribution < 1.29 is 74.0 Å². The molecule has 3 aliphatic rings. The molecule has 3 fully saturated rings. The third kappa shape index (κ3) is 12.1. The van der Waals surface area contributed by atoms with Crippen molar-refractivity contribution in [2.45, 2.75) is 108 Å². The van der Waals surface area contributed by atoms with Gasteiger partial charge in [-0.2, -0.15) is 8.42 Å². The van der Waals surface area contributed by atoms with Crippen molar-refractivity contribution in [1.82, 2.24) is 0 Å². The lowest BCUT2D eigenvalue weighted by Crippen LogP contribution is -2.73. The zero-order valence-corrected chi connectivity index (χ0v) is 39.3. The van der Waals surface area contributed by atoms with Crippen LogP contribution in [0.5, 0.6) is 17.2 Å². The molecule has 7 rings (SSSR count). The van der Waals surface area contributed by atoms with E-state index >= 15 is 0 Å². The molecule has 360 valence electrons. The number of benzene rings is 4. The number of methoxy groups -OCH3 is 5. The first-order valence-corrected chi connectivity index (χ1v) is 23.3. The zero-order chi connectivity index (χ0) is 46.9. The van der Waals surface area contributed by atoms with Gasteiger partial charge in [0.2, 0.25) is 11.6 Å². The lowest BCUT2D eigenvalue weighted by Gasteiger charge is -2.57. The lowest BCUT2D eigenvalue weighted by atomic mass is 9.85. The second-order valence-corrected chi connectivity index (χ2v) is 17.9. The van der Waals surface area contributed by atoms with Crippen LogP contribution < -0.4 is 14.2 Å². The van der Waals surface area contributed by atoms with Gasteiger partial charge in [0.05, 0.1) is 72.7 Å². The fourth-order valence-electron chi connectivity index (χ4n) is 8.89. The molecular weight excluding hydrogens is 877 g/mol. The number of fused-ring (bicyclic) bond motifs is 1. The normalized spacial score (nSPS) is 29.8. The van der Waals surface area contributed by atoms with Crippen molar-refractivity contribution in [2.75, 3.05) is 42.2 Å².